The van der Waals surface area contributed by atoms with Crippen LogP contribution in [0.2, 0.25) is 0 Å². The zero-order valence-electron chi connectivity index (χ0n) is 17.4. The number of fused-ring (bicyclic) bond motifs is 1. The highest BCUT2D eigenvalue weighted by molar-refractivity contribution is 5.76. The van der Waals surface area contributed by atoms with Crippen molar-refractivity contribution in [1.29, 1.82) is 0 Å². The molecule has 1 aromatic heterocycles. The number of nitrogens with zero attached hydrogens (tertiary/aromatic N) is 1. The molecule has 4 rings (SSSR count). The summed E-state index contributed by atoms with van der Waals surface area (Å²) in [5.74, 6) is 1.51. The summed E-state index contributed by atoms with van der Waals surface area (Å²) in [6, 6.07) is 13.1. The fourth-order valence-electron chi connectivity index (χ4n) is 3.95. The summed E-state index contributed by atoms with van der Waals surface area (Å²) in [5.41, 5.74) is 2.28. The molecule has 1 saturated heterocycles. The van der Waals surface area contributed by atoms with Gasteiger partial charge in [0.15, 0.2) is 5.43 Å². The highest BCUT2D eigenvalue weighted by Crippen LogP contribution is 2.27. The summed E-state index contributed by atoms with van der Waals surface area (Å²) < 4.78 is 22.5. The van der Waals surface area contributed by atoms with Crippen LogP contribution in [0, 0.1) is 0 Å². The first kappa shape index (κ1) is 20.4. The van der Waals surface area contributed by atoms with E-state index in [9.17, 15) is 4.79 Å². The van der Waals surface area contributed by atoms with Gasteiger partial charge in [-0.1, -0.05) is 18.2 Å². The van der Waals surface area contributed by atoms with E-state index < -0.39 is 0 Å². The van der Waals surface area contributed by atoms with Crippen LogP contribution in [0.1, 0.15) is 24.0 Å². The number of hydrogen-bond acceptors (Lipinski definition) is 6. The molecule has 1 aliphatic rings. The Balaban J connectivity index is 1.62. The topological polar surface area (TPSA) is 61.1 Å². The zero-order valence-corrected chi connectivity index (χ0v) is 17.4. The Hall–Kier alpha value is -2.83. The van der Waals surface area contributed by atoms with E-state index in [0.29, 0.717) is 29.6 Å². The Morgan fingerprint density at radius 2 is 1.90 bits per heavy atom. The Labute approximate surface area is 176 Å². The molecule has 0 saturated carbocycles. The zero-order chi connectivity index (χ0) is 20.9. The molecule has 0 amide bonds. The molecule has 0 aliphatic carbocycles. The van der Waals surface area contributed by atoms with Crippen molar-refractivity contribution in [3.05, 3.63) is 70.1 Å². The van der Waals surface area contributed by atoms with E-state index in [1.807, 2.05) is 42.5 Å². The van der Waals surface area contributed by atoms with Crippen LogP contribution in [0.4, 0.5) is 0 Å². The first-order chi connectivity index (χ1) is 14.7. The van der Waals surface area contributed by atoms with Crippen LogP contribution in [0.3, 0.4) is 0 Å². The van der Waals surface area contributed by atoms with Crippen LogP contribution in [-0.4, -0.2) is 38.4 Å². The maximum atomic E-state index is 13.0. The first-order valence-corrected chi connectivity index (χ1v) is 10.2. The largest absolute Gasteiger partial charge is 0.497 e. The van der Waals surface area contributed by atoms with Gasteiger partial charge in [-0.15, -0.1) is 0 Å². The third-order valence-corrected chi connectivity index (χ3v) is 5.52. The van der Waals surface area contributed by atoms with Crippen molar-refractivity contribution < 1.29 is 18.6 Å². The summed E-state index contributed by atoms with van der Waals surface area (Å²) in [6.45, 7) is 2.63. The average molecular weight is 409 g/mol. The van der Waals surface area contributed by atoms with Gasteiger partial charge in [-0.05, 0) is 31.0 Å². The van der Waals surface area contributed by atoms with Crippen molar-refractivity contribution in [2.24, 2.45) is 0 Å². The third kappa shape index (κ3) is 4.50. The lowest BCUT2D eigenvalue weighted by Crippen LogP contribution is -2.33. The van der Waals surface area contributed by atoms with Gasteiger partial charge in [0.1, 0.15) is 17.1 Å². The number of rotatable bonds is 8. The number of ether oxygens (including phenoxy) is 3. The maximum absolute atomic E-state index is 13.0. The fraction of sp³-hybridized carbons (Fsp3) is 0.375. The van der Waals surface area contributed by atoms with Gasteiger partial charge < -0.3 is 18.6 Å². The minimum absolute atomic E-state index is 0.0101. The Morgan fingerprint density at radius 3 is 2.67 bits per heavy atom. The molecule has 0 unspecified atom stereocenters. The van der Waals surface area contributed by atoms with E-state index in [-0.39, 0.29) is 11.5 Å². The van der Waals surface area contributed by atoms with E-state index >= 15 is 0 Å². The summed E-state index contributed by atoms with van der Waals surface area (Å²) in [4.78, 5) is 15.2. The highest BCUT2D eigenvalue weighted by Gasteiger charge is 2.22. The van der Waals surface area contributed by atoms with Crippen LogP contribution < -0.4 is 14.9 Å². The quantitative estimate of drug-likeness (QED) is 0.561. The van der Waals surface area contributed by atoms with Crippen molar-refractivity contribution in [3.63, 3.8) is 0 Å². The van der Waals surface area contributed by atoms with E-state index in [1.165, 1.54) is 0 Å². The Morgan fingerprint density at radius 1 is 1.07 bits per heavy atom. The number of methoxy groups -OCH3 is 2. The molecule has 1 aliphatic heterocycles. The fourth-order valence-corrected chi connectivity index (χ4v) is 3.95. The molecule has 0 radical (unpaired) electrons. The van der Waals surface area contributed by atoms with Crippen molar-refractivity contribution in [3.8, 4) is 11.5 Å². The van der Waals surface area contributed by atoms with E-state index in [2.05, 4.69) is 4.90 Å². The third-order valence-electron chi connectivity index (χ3n) is 5.52. The molecule has 6 nitrogen and oxygen atoms in total. The van der Waals surface area contributed by atoms with Gasteiger partial charge in [0.05, 0.1) is 32.0 Å². The molecule has 3 aromatic rings. The van der Waals surface area contributed by atoms with E-state index in [4.69, 9.17) is 18.6 Å². The summed E-state index contributed by atoms with van der Waals surface area (Å²) in [5, 5.41) is 0.606. The van der Waals surface area contributed by atoms with Crippen LogP contribution in [0.5, 0.6) is 11.5 Å². The molecular formula is C24H27NO5. The minimum atomic E-state index is 0.0101. The molecule has 30 heavy (non-hydrogen) atoms. The number of benzene rings is 2. The standard InChI is InChI=1S/C24H27NO5/c1-27-19-10-9-17(23(12-19)28-2)13-25(15-20-6-5-11-29-20)14-18-16-30-22-8-4-3-7-21(22)24(18)26/h3-4,7-10,12,16,20H,5-6,11,13-15H2,1-2H3/t20-/m0/s1. The van der Waals surface area contributed by atoms with E-state index in [0.717, 1.165) is 43.1 Å². The van der Waals surface area contributed by atoms with Gasteiger partial charge in [0.2, 0.25) is 0 Å². The molecule has 1 atom stereocenters. The summed E-state index contributed by atoms with van der Waals surface area (Å²) in [7, 11) is 3.29. The predicted molar refractivity (Wildman–Crippen MR) is 115 cm³/mol. The lowest BCUT2D eigenvalue weighted by atomic mass is 10.1. The van der Waals surface area contributed by atoms with Gasteiger partial charge >= 0.3 is 0 Å². The summed E-state index contributed by atoms with van der Waals surface area (Å²) >= 11 is 0. The Kier molecular flexibility index (Phi) is 6.35. The van der Waals surface area contributed by atoms with Gasteiger partial charge in [0, 0.05) is 43.4 Å². The lowest BCUT2D eigenvalue weighted by molar-refractivity contribution is 0.0673. The van der Waals surface area contributed by atoms with Crippen LogP contribution in [0.25, 0.3) is 11.0 Å². The van der Waals surface area contributed by atoms with Gasteiger partial charge in [-0.3, -0.25) is 9.69 Å². The molecule has 0 N–H and O–H groups in total. The van der Waals surface area contributed by atoms with Crippen molar-refractivity contribution >= 4 is 11.0 Å². The van der Waals surface area contributed by atoms with Crippen molar-refractivity contribution in [2.75, 3.05) is 27.4 Å². The molecule has 0 bridgehead atoms. The normalized spacial score (nSPS) is 16.3. The Bertz CT molecular complexity index is 1050. The van der Waals surface area contributed by atoms with Gasteiger partial charge in [0.25, 0.3) is 0 Å². The van der Waals surface area contributed by atoms with Crippen LogP contribution in [-0.2, 0) is 17.8 Å². The molecular weight excluding hydrogens is 382 g/mol. The van der Waals surface area contributed by atoms with Gasteiger partial charge in [-0.25, -0.2) is 0 Å². The molecule has 0 spiro atoms. The van der Waals surface area contributed by atoms with Gasteiger partial charge in [-0.2, -0.15) is 0 Å². The molecule has 2 aromatic carbocycles. The second-order valence-electron chi connectivity index (χ2n) is 7.57. The average Bonchev–Trinajstić information content (AvgIpc) is 3.29. The smallest absolute Gasteiger partial charge is 0.197 e. The molecule has 158 valence electrons. The molecule has 6 heteroatoms. The predicted octanol–water partition coefficient (Wildman–Crippen LogP) is 3.99. The minimum Gasteiger partial charge on any atom is -0.497 e. The van der Waals surface area contributed by atoms with E-state index in [1.54, 1.807) is 20.5 Å². The summed E-state index contributed by atoms with van der Waals surface area (Å²) in [6.07, 6.45) is 3.85. The van der Waals surface area contributed by atoms with Crippen molar-refractivity contribution in [2.45, 2.75) is 32.0 Å². The highest BCUT2D eigenvalue weighted by atomic mass is 16.5. The lowest BCUT2D eigenvalue weighted by Gasteiger charge is -2.26. The first-order valence-electron chi connectivity index (χ1n) is 10.2. The second kappa shape index (κ2) is 9.32. The maximum Gasteiger partial charge on any atom is 0.197 e. The molecule has 2 heterocycles. The monoisotopic (exact) mass is 409 g/mol. The number of hydrogen-bond donors (Lipinski definition) is 0. The second-order valence-corrected chi connectivity index (χ2v) is 7.57. The van der Waals surface area contributed by atoms with Crippen molar-refractivity contribution in [1.82, 2.24) is 4.90 Å². The molecule has 1 fully saturated rings. The SMILES string of the molecule is COc1ccc(CN(Cc2coc3ccccc3c2=O)C[C@@H]2CCCO2)c(OC)c1. The number of para-hydroxylation sites is 1. The van der Waals surface area contributed by atoms with Crippen LogP contribution >= 0.6 is 0 Å². The van der Waals surface area contributed by atoms with Crippen LogP contribution in [0.15, 0.2) is 57.9 Å².